The maximum absolute atomic E-state index is 13.5. The fourth-order valence-corrected chi connectivity index (χ4v) is 4.19. The standard InChI is InChI=1S/C23H30N4O7S/c1-16(2)24-23(29)17(3)25(14-18-9-7-6-8-10-18)22(28)15-26(35(5,32)33)20-13-19(27(30)31)11-12-21(20)34-4/h6-13,16-17H,14-15H2,1-5H3,(H,24,29). The molecule has 0 bridgehead atoms. The molecule has 2 rings (SSSR count). The van der Waals surface area contributed by atoms with Gasteiger partial charge in [0.1, 0.15) is 24.0 Å². The number of nitrogens with one attached hydrogen (secondary N) is 1. The molecule has 0 aliphatic heterocycles. The molecule has 0 aliphatic carbocycles. The van der Waals surface area contributed by atoms with E-state index in [1.165, 1.54) is 24.1 Å². The molecule has 0 heterocycles. The van der Waals surface area contributed by atoms with Crippen LogP contribution in [0, 0.1) is 10.1 Å². The van der Waals surface area contributed by atoms with E-state index in [1.807, 2.05) is 6.07 Å². The summed E-state index contributed by atoms with van der Waals surface area (Å²) in [6.45, 7) is 4.48. The van der Waals surface area contributed by atoms with Gasteiger partial charge in [-0.25, -0.2) is 8.42 Å². The lowest BCUT2D eigenvalue weighted by molar-refractivity contribution is -0.384. The molecule has 190 valence electrons. The molecule has 2 aromatic rings. The number of nitrogens with zero attached hydrogens (tertiary/aromatic N) is 3. The SMILES string of the molecule is COc1ccc([N+](=O)[O-])cc1N(CC(=O)N(Cc1ccccc1)C(C)C(=O)NC(C)C)S(C)(=O)=O. The van der Waals surface area contributed by atoms with Crippen LogP contribution in [0.5, 0.6) is 5.75 Å². The van der Waals surface area contributed by atoms with Crippen molar-refractivity contribution in [1.82, 2.24) is 10.2 Å². The Labute approximate surface area is 204 Å². The Hall–Kier alpha value is -3.67. The molecule has 0 spiro atoms. The van der Waals surface area contributed by atoms with Crippen molar-refractivity contribution in [3.05, 3.63) is 64.2 Å². The van der Waals surface area contributed by atoms with E-state index in [0.717, 1.165) is 22.2 Å². The molecule has 0 fully saturated rings. The van der Waals surface area contributed by atoms with Crippen LogP contribution in [0.15, 0.2) is 48.5 Å². The number of carbonyl (C=O) groups excluding carboxylic acids is 2. The molecule has 0 aromatic heterocycles. The molecule has 2 aromatic carbocycles. The molecule has 35 heavy (non-hydrogen) atoms. The zero-order chi connectivity index (χ0) is 26.3. The molecule has 1 N–H and O–H groups in total. The predicted molar refractivity (Wildman–Crippen MR) is 132 cm³/mol. The summed E-state index contributed by atoms with van der Waals surface area (Å²) >= 11 is 0. The van der Waals surface area contributed by atoms with Crippen LogP contribution in [0.25, 0.3) is 0 Å². The number of non-ortho nitro benzene ring substituents is 1. The largest absolute Gasteiger partial charge is 0.495 e. The average molecular weight is 507 g/mol. The first kappa shape index (κ1) is 27.6. The molecule has 0 aliphatic rings. The number of nitro benzene ring substituents is 1. The zero-order valence-electron chi connectivity index (χ0n) is 20.3. The van der Waals surface area contributed by atoms with Gasteiger partial charge in [-0.1, -0.05) is 30.3 Å². The van der Waals surface area contributed by atoms with E-state index in [4.69, 9.17) is 4.74 Å². The number of sulfonamides is 1. The van der Waals surface area contributed by atoms with Gasteiger partial charge in [-0.05, 0) is 32.4 Å². The molecular weight excluding hydrogens is 476 g/mol. The summed E-state index contributed by atoms with van der Waals surface area (Å²) in [7, 11) is -2.79. The third kappa shape index (κ3) is 7.41. The van der Waals surface area contributed by atoms with E-state index in [9.17, 15) is 28.1 Å². The quantitative estimate of drug-likeness (QED) is 0.364. The van der Waals surface area contributed by atoms with Gasteiger partial charge in [0.2, 0.25) is 21.8 Å². The zero-order valence-corrected chi connectivity index (χ0v) is 21.1. The second kappa shape index (κ2) is 11.6. The third-order valence-electron chi connectivity index (χ3n) is 5.12. The lowest BCUT2D eigenvalue weighted by Gasteiger charge is -2.32. The van der Waals surface area contributed by atoms with Crippen LogP contribution in [0.3, 0.4) is 0 Å². The lowest BCUT2D eigenvalue weighted by atomic mass is 10.1. The van der Waals surface area contributed by atoms with Crippen molar-refractivity contribution >= 4 is 33.2 Å². The second-order valence-electron chi connectivity index (χ2n) is 8.23. The topological polar surface area (TPSA) is 139 Å². The molecule has 11 nitrogen and oxygen atoms in total. The fraction of sp³-hybridized carbons (Fsp3) is 0.391. The van der Waals surface area contributed by atoms with Crippen molar-refractivity contribution in [2.45, 2.75) is 39.4 Å². The monoisotopic (exact) mass is 506 g/mol. The summed E-state index contributed by atoms with van der Waals surface area (Å²) in [5.74, 6) is -1.03. The maximum atomic E-state index is 13.5. The number of amides is 2. The van der Waals surface area contributed by atoms with Gasteiger partial charge in [0.05, 0.1) is 18.3 Å². The summed E-state index contributed by atoms with van der Waals surface area (Å²) in [6, 6.07) is 11.3. The Balaban J connectivity index is 2.50. The van der Waals surface area contributed by atoms with Gasteiger partial charge < -0.3 is 15.0 Å². The Morgan fingerprint density at radius 1 is 1.11 bits per heavy atom. The van der Waals surface area contributed by atoms with E-state index in [1.54, 1.807) is 45.0 Å². The Kier molecular flexibility index (Phi) is 9.18. The molecule has 0 saturated heterocycles. The number of benzene rings is 2. The highest BCUT2D eigenvalue weighted by molar-refractivity contribution is 7.92. The predicted octanol–water partition coefficient (Wildman–Crippen LogP) is 2.31. The fourth-order valence-electron chi connectivity index (χ4n) is 3.35. The minimum absolute atomic E-state index is 0.0361. The summed E-state index contributed by atoms with van der Waals surface area (Å²) in [5.41, 5.74) is 0.216. The van der Waals surface area contributed by atoms with Gasteiger partial charge in [-0.15, -0.1) is 0 Å². The minimum Gasteiger partial charge on any atom is -0.495 e. The number of carbonyl (C=O) groups is 2. The van der Waals surface area contributed by atoms with Crippen molar-refractivity contribution in [1.29, 1.82) is 0 Å². The van der Waals surface area contributed by atoms with Crippen molar-refractivity contribution in [2.24, 2.45) is 0 Å². The molecule has 0 saturated carbocycles. The number of ether oxygens (including phenoxy) is 1. The van der Waals surface area contributed by atoms with Crippen LogP contribution in [-0.4, -0.2) is 62.0 Å². The van der Waals surface area contributed by atoms with E-state index < -0.39 is 39.3 Å². The molecule has 0 radical (unpaired) electrons. The average Bonchev–Trinajstić information content (AvgIpc) is 2.79. The van der Waals surface area contributed by atoms with Crippen LogP contribution in [-0.2, 0) is 26.2 Å². The van der Waals surface area contributed by atoms with Crippen molar-refractivity contribution in [2.75, 3.05) is 24.2 Å². The number of anilines is 1. The smallest absolute Gasteiger partial charge is 0.271 e. The van der Waals surface area contributed by atoms with Gasteiger partial charge in [0.15, 0.2) is 0 Å². The summed E-state index contributed by atoms with van der Waals surface area (Å²) in [5, 5.41) is 14.0. The first-order valence-corrected chi connectivity index (χ1v) is 12.6. The Bertz CT molecular complexity index is 1170. The van der Waals surface area contributed by atoms with E-state index in [0.29, 0.717) is 0 Å². The minimum atomic E-state index is -4.08. The number of methoxy groups -OCH3 is 1. The number of hydrogen-bond acceptors (Lipinski definition) is 7. The Morgan fingerprint density at radius 3 is 2.26 bits per heavy atom. The lowest BCUT2D eigenvalue weighted by Crippen LogP contribution is -2.52. The van der Waals surface area contributed by atoms with Crippen LogP contribution in [0.1, 0.15) is 26.3 Å². The second-order valence-corrected chi connectivity index (χ2v) is 10.1. The van der Waals surface area contributed by atoms with E-state index in [-0.39, 0.29) is 29.7 Å². The highest BCUT2D eigenvalue weighted by Crippen LogP contribution is 2.33. The number of rotatable bonds is 11. The van der Waals surface area contributed by atoms with Crippen molar-refractivity contribution in [3.8, 4) is 5.75 Å². The molecular formula is C23H30N4O7S. The highest BCUT2D eigenvalue weighted by Gasteiger charge is 2.32. The highest BCUT2D eigenvalue weighted by atomic mass is 32.2. The van der Waals surface area contributed by atoms with Crippen molar-refractivity contribution in [3.63, 3.8) is 0 Å². The third-order valence-corrected chi connectivity index (χ3v) is 6.24. The number of nitro groups is 1. The van der Waals surface area contributed by atoms with Gasteiger partial charge in [-0.2, -0.15) is 0 Å². The van der Waals surface area contributed by atoms with Crippen molar-refractivity contribution < 1.29 is 27.7 Å². The first-order chi connectivity index (χ1) is 16.3. The molecule has 1 atom stereocenters. The molecule has 2 amide bonds. The van der Waals surface area contributed by atoms with Gasteiger partial charge in [0, 0.05) is 24.7 Å². The van der Waals surface area contributed by atoms with Gasteiger partial charge in [-0.3, -0.25) is 24.0 Å². The van der Waals surface area contributed by atoms with E-state index in [2.05, 4.69) is 5.32 Å². The summed E-state index contributed by atoms with van der Waals surface area (Å²) in [6.07, 6.45) is 0.884. The van der Waals surface area contributed by atoms with Gasteiger partial charge in [0.25, 0.3) is 5.69 Å². The number of hydrogen-bond donors (Lipinski definition) is 1. The van der Waals surface area contributed by atoms with E-state index >= 15 is 0 Å². The molecule has 12 heteroatoms. The first-order valence-electron chi connectivity index (χ1n) is 10.8. The van der Waals surface area contributed by atoms with Crippen LogP contribution in [0.2, 0.25) is 0 Å². The maximum Gasteiger partial charge on any atom is 0.271 e. The summed E-state index contributed by atoms with van der Waals surface area (Å²) in [4.78, 5) is 38.1. The van der Waals surface area contributed by atoms with Gasteiger partial charge >= 0.3 is 0 Å². The van der Waals surface area contributed by atoms with Crippen LogP contribution < -0.4 is 14.4 Å². The summed E-state index contributed by atoms with van der Waals surface area (Å²) < 4.78 is 31.3. The van der Waals surface area contributed by atoms with Crippen LogP contribution in [0.4, 0.5) is 11.4 Å². The molecule has 1 unspecified atom stereocenters. The van der Waals surface area contributed by atoms with Crippen LogP contribution >= 0.6 is 0 Å². The Morgan fingerprint density at radius 2 is 1.74 bits per heavy atom. The normalized spacial score (nSPS) is 12.1.